The Bertz CT molecular complexity index is 1100. The molecule has 0 unspecified atom stereocenters. The second kappa shape index (κ2) is 8.32. The molecule has 0 radical (unpaired) electrons. The van der Waals surface area contributed by atoms with Crippen LogP contribution in [0.2, 0.25) is 0 Å². The lowest BCUT2D eigenvalue weighted by molar-refractivity contribution is 0.102. The average Bonchev–Trinajstić information content (AvgIpc) is 3.25. The number of halogens is 1. The predicted molar refractivity (Wildman–Crippen MR) is 110 cm³/mol. The smallest absolute Gasteiger partial charge is 0.258 e. The molecule has 0 aliphatic carbocycles. The zero-order valence-corrected chi connectivity index (χ0v) is 16.8. The molecule has 1 N–H and O–H groups in total. The summed E-state index contributed by atoms with van der Waals surface area (Å²) < 4.78 is 2.52. The van der Waals surface area contributed by atoms with Crippen LogP contribution in [-0.2, 0) is 0 Å². The van der Waals surface area contributed by atoms with Crippen molar-refractivity contribution in [3.8, 4) is 5.69 Å². The first-order valence-electron chi connectivity index (χ1n) is 8.22. The third-order valence-electron chi connectivity index (χ3n) is 3.76. The van der Waals surface area contributed by atoms with Crippen LogP contribution in [0.15, 0.2) is 87.6 Å². The van der Waals surface area contributed by atoms with E-state index in [1.165, 1.54) is 22.8 Å². The molecule has 9 heteroatoms. The van der Waals surface area contributed by atoms with Gasteiger partial charge in [-0.05, 0) is 65.0 Å². The van der Waals surface area contributed by atoms with E-state index in [4.69, 9.17) is 0 Å². The minimum atomic E-state index is -0.235. The van der Waals surface area contributed by atoms with Gasteiger partial charge in [0.25, 0.3) is 5.91 Å². The normalized spacial score (nSPS) is 10.6. The van der Waals surface area contributed by atoms with E-state index in [0.717, 1.165) is 15.1 Å². The highest BCUT2D eigenvalue weighted by molar-refractivity contribution is 9.10. The number of anilines is 1. The van der Waals surface area contributed by atoms with Gasteiger partial charge in [0.1, 0.15) is 11.4 Å². The quantitative estimate of drug-likeness (QED) is 0.487. The van der Waals surface area contributed by atoms with Crippen LogP contribution < -0.4 is 5.32 Å². The highest BCUT2D eigenvalue weighted by Gasteiger charge is 2.14. The lowest BCUT2D eigenvalue weighted by Gasteiger charge is -2.10. The maximum absolute atomic E-state index is 12.9. The molecule has 7 nitrogen and oxygen atoms in total. The highest BCUT2D eigenvalue weighted by Crippen LogP contribution is 2.30. The number of carbonyl (C=O) groups is 1. The summed E-state index contributed by atoms with van der Waals surface area (Å²) in [6, 6.07) is 18.6. The van der Waals surface area contributed by atoms with Crippen molar-refractivity contribution in [1.29, 1.82) is 0 Å². The maximum atomic E-state index is 12.9. The average molecular weight is 453 g/mol. The lowest BCUT2D eigenvalue weighted by atomic mass is 10.2. The maximum Gasteiger partial charge on any atom is 0.258 e. The molecule has 0 spiro atoms. The second-order valence-corrected chi connectivity index (χ2v) is 7.65. The van der Waals surface area contributed by atoms with Crippen LogP contribution >= 0.6 is 27.7 Å². The number of nitrogens with zero attached hydrogens (tertiary/aromatic N) is 5. The Morgan fingerprint density at radius 3 is 2.71 bits per heavy atom. The molecule has 0 saturated heterocycles. The van der Waals surface area contributed by atoms with E-state index >= 15 is 0 Å². The summed E-state index contributed by atoms with van der Waals surface area (Å²) in [6.45, 7) is 0. The fourth-order valence-electron chi connectivity index (χ4n) is 2.46. The van der Waals surface area contributed by atoms with Gasteiger partial charge in [-0.2, -0.15) is 0 Å². The zero-order chi connectivity index (χ0) is 19.3. The zero-order valence-electron chi connectivity index (χ0n) is 14.4. The van der Waals surface area contributed by atoms with E-state index in [0.29, 0.717) is 16.3 Å². The van der Waals surface area contributed by atoms with Crippen LogP contribution in [0.4, 0.5) is 5.69 Å². The molecule has 1 amide bonds. The Kier molecular flexibility index (Phi) is 5.45. The number of hydrogen-bond donors (Lipinski definition) is 1. The molecular weight excluding hydrogens is 440 g/mol. The molecule has 0 fully saturated rings. The van der Waals surface area contributed by atoms with Crippen LogP contribution in [0, 0.1) is 0 Å². The first-order valence-corrected chi connectivity index (χ1v) is 9.83. The van der Waals surface area contributed by atoms with Gasteiger partial charge in [0.2, 0.25) is 0 Å². The first-order chi connectivity index (χ1) is 13.7. The fourth-order valence-corrected chi connectivity index (χ4v) is 3.61. The standard InChI is InChI=1S/C19H13BrN6OS/c20-13-6-8-16(9-7-13)28-19-17(5-2-10-21-19)18(27)23-14-3-1-4-15(11-14)26-12-22-24-25-26/h1-12H,(H,23,27). The van der Waals surface area contributed by atoms with Crippen molar-refractivity contribution in [2.75, 3.05) is 5.32 Å². The largest absolute Gasteiger partial charge is 0.322 e. The van der Waals surface area contributed by atoms with Crippen LogP contribution in [0.1, 0.15) is 10.4 Å². The molecule has 4 aromatic rings. The number of rotatable bonds is 5. The third-order valence-corrected chi connectivity index (χ3v) is 5.32. The van der Waals surface area contributed by atoms with Crippen LogP contribution in [0.3, 0.4) is 0 Å². The summed E-state index contributed by atoms with van der Waals surface area (Å²) in [6.07, 6.45) is 3.17. The van der Waals surface area contributed by atoms with Gasteiger partial charge in [-0.15, -0.1) is 5.10 Å². The summed E-state index contributed by atoms with van der Waals surface area (Å²) in [5, 5.41) is 14.7. The monoisotopic (exact) mass is 452 g/mol. The molecule has 28 heavy (non-hydrogen) atoms. The number of pyridine rings is 1. The number of hydrogen-bond acceptors (Lipinski definition) is 6. The molecule has 0 bridgehead atoms. The van der Waals surface area contributed by atoms with Crippen LogP contribution in [-0.4, -0.2) is 31.1 Å². The number of aromatic nitrogens is 5. The molecule has 4 rings (SSSR count). The summed E-state index contributed by atoms with van der Waals surface area (Å²) >= 11 is 4.86. The Morgan fingerprint density at radius 1 is 1.07 bits per heavy atom. The van der Waals surface area contributed by atoms with E-state index in [2.05, 4.69) is 41.8 Å². The summed E-state index contributed by atoms with van der Waals surface area (Å²) in [4.78, 5) is 18.2. The van der Waals surface area contributed by atoms with Crippen LogP contribution in [0.5, 0.6) is 0 Å². The molecule has 0 atom stereocenters. The molecule has 138 valence electrons. The second-order valence-electron chi connectivity index (χ2n) is 5.67. The van der Waals surface area contributed by atoms with Crippen molar-refractivity contribution in [2.24, 2.45) is 0 Å². The number of amides is 1. The Labute approximate surface area is 173 Å². The van der Waals surface area contributed by atoms with Crippen molar-refractivity contribution >= 4 is 39.3 Å². The van der Waals surface area contributed by atoms with E-state index in [1.807, 2.05) is 42.5 Å². The molecule has 2 aromatic heterocycles. The van der Waals surface area contributed by atoms with Crippen molar-refractivity contribution < 1.29 is 4.79 Å². The van der Waals surface area contributed by atoms with E-state index < -0.39 is 0 Å². The minimum Gasteiger partial charge on any atom is -0.322 e. The van der Waals surface area contributed by atoms with Crippen molar-refractivity contribution in [2.45, 2.75) is 9.92 Å². The molecule has 0 aliphatic rings. The van der Waals surface area contributed by atoms with Gasteiger partial charge in [-0.3, -0.25) is 4.79 Å². The minimum absolute atomic E-state index is 0.235. The Hall–Kier alpha value is -3.04. The third kappa shape index (κ3) is 4.26. The van der Waals surface area contributed by atoms with E-state index in [9.17, 15) is 4.79 Å². The highest BCUT2D eigenvalue weighted by atomic mass is 79.9. The van der Waals surface area contributed by atoms with Gasteiger partial charge < -0.3 is 5.32 Å². The summed E-state index contributed by atoms with van der Waals surface area (Å²) in [5.41, 5.74) is 1.89. The first kappa shape index (κ1) is 18.3. The van der Waals surface area contributed by atoms with E-state index in [-0.39, 0.29) is 5.91 Å². The van der Waals surface area contributed by atoms with Gasteiger partial charge in [0, 0.05) is 21.3 Å². The van der Waals surface area contributed by atoms with Gasteiger partial charge >= 0.3 is 0 Å². The molecule has 0 aliphatic heterocycles. The number of benzene rings is 2. The van der Waals surface area contributed by atoms with Crippen LogP contribution in [0.25, 0.3) is 5.69 Å². The fraction of sp³-hybridized carbons (Fsp3) is 0. The van der Waals surface area contributed by atoms with Crippen molar-refractivity contribution in [3.05, 3.63) is 83.2 Å². The Morgan fingerprint density at radius 2 is 1.93 bits per heavy atom. The number of nitrogens with one attached hydrogen (secondary N) is 1. The van der Waals surface area contributed by atoms with Gasteiger partial charge in [-0.25, -0.2) is 9.67 Å². The lowest BCUT2D eigenvalue weighted by Crippen LogP contribution is -2.13. The summed E-state index contributed by atoms with van der Waals surface area (Å²) in [7, 11) is 0. The van der Waals surface area contributed by atoms with Gasteiger partial charge in [0.05, 0.1) is 11.3 Å². The van der Waals surface area contributed by atoms with Gasteiger partial charge in [-0.1, -0.05) is 33.8 Å². The summed E-state index contributed by atoms with van der Waals surface area (Å²) in [5.74, 6) is -0.235. The number of tetrazole rings is 1. The number of carbonyl (C=O) groups excluding carboxylic acids is 1. The SMILES string of the molecule is O=C(Nc1cccc(-n2cnnn2)c1)c1cccnc1Sc1ccc(Br)cc1. The molecule has 0 saturated carbocycles. The molecular formula is C19H13BrN6OS. The van der Waals surface area contributed by atoms with Crippen molar-refractivity contribution in [3.63, 3.8) is 0 Å². The molecule has 2 heterocycles. The predicted octanol–water partition coefficient (Wildman–Crippen LogP) is 4.22. The van der Waals surface area contributed by atoms with Gasteiger partial charge in [0.15, 0.2) is 0 Å². The Balaban J connectivity index is 1.56. The van der Waals surface area contributed by atoms with E-state index in [1.54, 1.807) is 24.4 Å². The topological polar surface area (TPSA) is 85.6 Å². The molecule has 2 aromatic carbocycles. The van der Waals surface area contributed by atoms with Crippen molar-refractivity contribution in [1.82, 2.24) is 25.2 Å².